The number of hydrogen-bond donors (Lipinski definition) is 0. The minimum atomic E-state index is 0.468. The van der Waals surface area contributed by atoms with E-state index in [-0.39, 0.29) is 0 Å². The molecular formula is C45H62N2O3. The number of anilines is 2. The summed E-state index contributed by atoms with van der Waals surface area (Å²) >= 11 is 0. The number of ether oxygens (including phenoxy) is 2. The highest BCUT2D eigenvalue weighted by Crippen LogP contribution is 2.27. The van der Waals surface area contributed by atoms with Crippen LogP contribution in [0.2, 0.25) is 0 Å². The van der Waals surface area contributed by atoms with Gasteiger partial charge < -0.3 is 19.3 Å². The van der Waals surface area contributed by atoms with E-state index in [1.807, 2.05) is 54.6 Å². The van der Waals surface area contributed by atoms with Crippen molar-refractivity contribution in [3.8, 4) is 11.5 Å². The van der Waals surface area contributed by atoms with E-state index in [9.17, 15) is 4.79 Å². The van der Waals surface area contributed by atoms with Crippen molar-refractivity contribution in [1.82, 2.24) is 0 Å². The summed E-state index contributed by atoms with van der Waals surface area (Å²) in [7, 11) is 0. The maximum absolute atomic E-state index is 11.4. The van der Waals surface area contributed by atoms with E-state index in [4.69, 9.17) is 9.47 Å². The van der Waals surface area contributed by atoms with Crippen LogP contribution in [0.1, 0.15) is 113 Å². The second kappa shape index (κ2) is 24.8. The summed E-state index contributed by atoms with van der Waals surface area (Å²) in [5.74, 6) is 1.62. The van der Waals surface area contributed by atoms with Crippen molar-refractivity contribution >= 4 is 17.7 Å². The van der Waals surface area contributed by atoms with Crippen molar-refractivity contribution < 1.29 is 14.3 Å². The van der Waals surface area contributed by atoms with Gasteiger partial charge in [-0.3, -0.25) is 4.79 Å². The Labute approximate surface area is 303 Å². The molecule has 0 aliphatic carbocycles. The van der Waals surface area contributed by atoms with E-state index >= 15 is 0 Å². The van der Waals surface area contributed by atoms with Crippen LogP contribution in [0.4, 0.5) is 11.4 Å². The van der Waals surface area contributed by atoms with Crippen LogP contribution < -0.4 is 19.3 Å². The van der Waals surface area contributed by atoms with Crippen LogP contribution in [0.3, 0.4) is 0 Å². The Bertz CT molecular complexity index is 1440. The summed E-state index contributed by atoms with van der Waals surface area (Å²) < 4.78 is 12.0. The van der Waals surface area contributed by atoms with Crippen LogP contribution >= 0.6 is 0 Å². The molecule has 0 bridgehead atoms. The fourth-order valence-electron chi connectivity index (χ4n) is 5.73. The first kappa shape index (κ1) is 40.2. The Hall–Kier alpha value is -4.25. The molecule has 0 spiro atoms. The Morgan fingerprint density at radius 2 is 1.00 bits per heavy atom. The third kappa shape index (κ3) is 15.1. The lowest BCUT2D eigenvalue weighted by Crippen LogP contribution is -2.25. The number of carbonyl (C=O) groups excluding carboxylic acids is 1. The molecule has 0 aliphatic rings. The van der Waals surface area contributed by atoms with Gasteiger partial charge in [0.05, 0.1) is 5.56 Å². The first-order chi connectivity index (χ1) is 24.6. The summed E-state index contributed by atoms with van der Waals surface area (Å²) in [5, 5.41) is 0. The number of unbranched alkanes of at least 4 members (excludes halogenated alkanes) is 6. The zero-order valence-electron chi connectivity index (χ0n) is 31.3. The molecule has 0 N–H and O–H groups in total. The SMILES string of the molecule is CCCCCN(CCCC)c1ccc(C=O)c(OCc2ccccc2)c1.CCCCCN(CCCC)c1cccc(OCc2ccccc2)c1. The summed E-state index contributed by atoms with van der Waals surface area (Å²) in [6, 6.07) is 34.9. The molecule has 4 aromatic carbocycles. The molecule has 0 heterocycles. The molecule has 0 saturated heterocycles. The third-order valence-electron chi connectivity index (χ3n) is 8.78. The van der Waals surface area contributed by atoms with Gasteiger partial charge in [-0.25, -0.2) is 0 Å². The molecule has 4 rings (SSSR count). The monoisotopic (exact) mass is 678 g/mol. The van der Waals surface area contributed by atoms with Crippen LogP contribution in [-0.2, 0) is 13.2 Å². The molecule has 0 aliphatic heterocycles. The zero-order valence-corrected chi connectivity index (χ0v) is 31.3. The first-order valence-corrected chi connectivity index (χ1v) is 19.1. The number of rotatable bonds is 23. The molecule has 0 radical (unpaired) electrons. The normalized spacial score (nSPS) is 10.6. The lowest BCUT2D eigenvalue weighted by atomic mass is 10.1. The molecule has 0 aromatic heterocycles. The summed E-state index contributed by atoms with van der Waals surface area (Å²) in [5.41, 5.74) is 5.33. The summed E-state index contributed by atoms with van der Waals surface area (Å²) in [6.07, 6.45) is 13.2. The Balaban J connectivity index is 0.000000271. The predicted molar refractivity (Wildman–Crippen MR) is 213 cm³/mol. The third-order valence-corrected chi connectivity index (χ3v) is 8.78. The summed E-state index contributed by atoms with van der Waals surface area (Å²) in [6.45, 7) is 14.4. The van der Waals surface area contributed by atoms with Gasteiger partial charge in [0.25, 0.3) is 0 Å². The largest absolute Gasteiger partial charge is 0.489 e. The highest BCUT2D eigenvalue weighted by molar-refractivity contribution is 5.80. The number of hydrogen-bond acceptors (Lipinski definition) is 5. The van der Waals surface area contributed by atoms with Crippen molar-refractivity contribution in [2.45, 2.75) is 105 Å². The molecule has 50 heavy (non-hydrogen) atoms. The van der Waals surface area contributed by atoms with Gasteiger partial charge >= 0.3 is 0 Å². The van der Waals surface area contributed by atoms with Crippen molar-refractivity contribution in [1.29, 1.82) is 0 Å². The van der Waals surface area contributed by atoms with E-state index in [1.54, 1.807) is 0 Å². The van der Waals surface area contributed by atoms with Crippen LogP contribution in [0.5, 0.6) is 11.5 Å². The van der Waals surface area contributed by atoms with Gasteiger partial charge in [-0.05, 0) is 61.1 Å². The second-order valence-electron chi connectivity index (χ2n) is 13.0. The van der Waals surface area contributed by atoms with Gasteiger partial charge in [-0.15, -0.1) is 0 Å². The van der Waals surface area contributed by atoms with Crippen molar-refractivity contribution in [2.24, 2.45) is 0 Å². The molecule has 0 amide bonds. The van der Waals surface area contributed by atoms with Gasteiger partial charge in [-0.2, -0.15) is 0 Å². The van der Waals surface area contributed by atoms with Crippen LogP contribution in [0.15, 0.2) is 103 Å². The van der Waals surface area contributed by atoms with Gasteiger partial charge in [0.2, 0.25) is 0 Å². The molecule has 0 fully saturated rings. The highest BCUT2D eigenvalue weighted by atomic mass is 16.5. The molecule has 5 heteroatoms. The van der Waals surface area contributed by atoms with Crippen molar-refractivity contribution in [2.75, 3.05) is 36.0 Å². The van der Waals surface area contributed by atoms with Crippen LogP contribution in [-0.4, -0.2) is 32.5 Å². The number of benzene rings is 4. The summed E-state index contributed by atoms with van der Waals surface area (Å²) in [4.78, 5) is 16.3. The maximum atomic E-state index is 11.4. The zero-order chi connectivity index (χ0) is 35.7. The molecule has 0 atom stereocenters. The fourth-order valence-corrected chi connectivity index (χ4v) is 5.73. The first-order valence-electron chi connectivity index (χ1n) is 19.1. The molecule has 270 valence electrons. The number of carbonyl (C=O) groups is 1. The average molecular weight is 679 g/mol. The van der Waals surface area contributed by atoms with Crippen LogP contribution in [0, 0.1) is 0 Å². The van der Waals surface area contributed by atoms with E-state index in [1.165, 1.54) is 75.5 Å². The average Bonchev–Trinajstić information content (AvgIpc) is 3.17. The fraction of sp³-hybridized carbons (Fsp3) is 0.444. The minimum Gasteiger partial charge on any atom is -0.489 e. The van der Waals surface area contributed by atoms with E-state index in [2.05, 4.69) is 86.0 Å². The van der Waals surface area contributed by atoms with Gasteiger partial charge in [-0.1, -0.05) is 133 Å². The van der Waals surface area contributed by atoms with Crippen LogP contribution in [0.25, 0.3) is 0 Å². The van der Waals surface area contributed by atoms with Gasteiger partial charge in [0, 0.05) is 49.7 Å². The van der Waals surface area contributed by atoms with E-state index in [0.717, 1.165) is 49.5 Å². The molecular weight excluding hydrogens is 617 g/mol. The number of nitrogens with zero attached hydrogens (tertiary/aromatic N) is 2. The number of aldehydes is 1. The van der Waals surface area contributed by atoms with E-state index in [0.29, 0.717) is 24.5 Å². The Morgan fingerprint density at radius 1 is 0.500 bits per heavy atom. The standard InChI is InChI=1S/C23H31NO2.C22H31NO/c1-3-5-10-16-24(15-6-4-2)22-14-13-21(18-25)23(17-22)26-19-20-11-8-7-9-12-20;1-3-5-10-17-23(16-6-4-2)21-14-11-15-22(18-21)24-19-20-12-8-7-9-13-20/h7-9,11-14,17-18H,3-6,10,15-16,19H2,1-2H3;7-9,11-15,18H,3-6,10,16-17,19H2,1-2H3. The maximum Gasteiger partial charge on any atom is 0.153 e. The lowest BCUT2D eigenvalue weighted by Gasteiger charge is -2.25. The molecule has 0 saturated carbocycles. The molecule has 4 aromatic rings. The van der Waals surface area contributed by atoms with Gasteiger partial charge in [0.1, 0.15) is 24.7 Å². The van der Waals surface area contributed by atoms with E-state index < -0.39 is 0 Å². The quantitative estimate of drug-likeness (QED) is 0.0577. The topological polar surface area (TPSA) is 42.0 Å². The highest BCUT2D eigenvalue weighted by Gasteiger charge is 2.11. The smallest absolute Gasteiger partial charge is 0.153 e. The Kier molecular flexibility index (Phi) is 19.9. The second-order valence-corrected chi connectivity index (χ2v) is 13.0. The predicted octanol–water partition coefficient (Wildman–Crippen LogP) is 11.9. The Morgan fingerprint density at radius 3 is 1.52 bits per heavy atom. The molecule has 5 nitrogen and oxygen atoms in total. The van der Waals surface area contributed by atoms with Crippen molar-refractivity contribution in [3.63, 3.8) is 0 Å². The molecule has 0 unspecified atom stereocenters. The van der Waals surface area contributed by atoms with Gasteiger partial charge in [0.15, 0.2) is 6.29 Å². The lowest BCUT2D eigenvalue weighted by molar-refractivity contribution is 0.111. The van der Waals surface area contributed by atoms with Crippen molar-refractivity contribution in [3.05, 3.63) is 120 Å². The minimum absolute atomic E-state index is 0.468.